The Morgan fingerprint density at radius 1 is 1.39 bits per heavy atom. The van der Waals surface area contributed by atoms with Gasteiger partial charge in [-0.1, -0.05) is 13.8 Å². The lowest BCUT2D eigenvalue weighted by Crippen LogP contribution is -2.42. The highest BCUT2D eigenvalue weighted by Crippen LogP contribution is 2.21. The molecule has 0 radical (unpaired) electrons. The van der Waals surface area contributed by atoms with Crippen LogP contribution < -0.4 is 5.32 Å². The summed E-state index contributed by atoms with van der Waals surface area (Å²) in [5, 5.41) is 18.3. The van der Waals surface area contributed by atoms with Crippen molar-refractivity contribution >= 4 is 16.9 Å². The maximum Gasteiger partial charge on any atom is 0.252 e. The Morgan fingerprint density at radius 2 is 2.04 bits per heavy atom. The summed E-state index contributed by atoms with van der Waals surface area (Å²) in [7, 11) is 0. The summed E-state index contributed by atoms with van der Waals surface area (Å²) in [5.41, 5.74) is 1.17. The molecule has 0 aromatic carbocycles. The van der Waals surface area contributed by atoms with Gasteiger partial charge >= 0.3 is 0 Å². The fourth-order valence-corrected chi connectivity index (χ4v) is 2.55. The number of amides is 1. The number of carbonyl (C=O) groups is 1. The topological polar surface area (TPSA) is 80.0 Å². The van der Waals surface area contributed by atoms with Gasteiger partial charge in [0.05, 0.1) is 22.7 Å². The number of fused-ring (bicyclic) bond motifs is 1. The van der Waals surface area contributed by atoms with E-state index in [1.165, 1.54) is 0 Å². The van der Waals surface area contributed by atoms with E-state index >= 15 is 0 Å². The summed E-state index contributed by atoms with van der Waals surface area (Å²) >= 11 is 0. The molecule has 0 spiro atoms. The predicted octanol–water partition coefficient (Wildman–Crippen LogP) is 2.60. The minimum Gasteiger partial charge on any atom is -0.388 e. The van der Waals surface area contributed by atoms with Crippen molar-refractivity contribution in [3.05, 3.63) is 23.5 Å². The molecule has 0 saturated carbocycles. The van der Waals surface area contributed by atoms with Crippen molar-refractivity contribution < 1.29 is 9.90 Å². The zero-order chi connectivity index (χ0) is 17.2. The van der Waals surface area contributed by atoms with Crippen LogP contribution in [0, 0.1) is 6.92 Å². The molecule has 0 fully saturated rings. The SMILES string of the molecule is CCC(O)(CC)CNC(=O)c1cc(C)nc2c1cnn2C(C)C. The molecule has 1 amide bonds. The van der Waals surface area contributed by atoms with Gasteiger partial charge in [0.15, 0.2) is 5.65 Å². The summed E-state index contributed by atoms with van der Waals surface area (Å²) in [4.78, 5) is 17.1. The average molecular weight is 318 g/mol. The summed E-state index contributed by atoms with van der Waals surface area (Å²) in [6, 6.07) is 1.93. The Bertz CT molecular complexity index is 702. The van der Waals surface area contributed by atoms with Crippen LogP contribution >= 0.6 is 0 Å². The molecule has 0 atom stereocenters. The molecule has 0 saturated heterocycles. The number of aryl methyl sites for hydroxylation is 1. The molecule has 6 nitrogen and oxygen atoms in total. The van der Waals surface area contributed by atoms with E-state index in [1.807, 2.05) is 39.3 Å². The predicted molar refractivity (Wildman–Crippen MR) is 90.5 cm³/mol. The van der Waals surface area contributed by atoms with Crippen molar-refractivity contribution in [2.45, 2.75) is 59.1 Å². The van der Waals surface area contributed by atoms with Gasteiger partial charge in [0, 0.05) is 18.3 Å². The monoisotopic (exact) mass is 318 g/mol. The Balaban J connectivity index is 2.34. The second-order valence-electron chi connectivity index (χ2n) is 6.35. The van der Waals surface area contributed by atoms with Crippen LogP contribution in [0.5, 0.6) is 0 Å². The summed E-state index contributed by atoms with van der Waals surface area (Å²) < 4.78 is 1.81. The highest BCUT2D eigenvalue weighted by Gasteiger charge is 2.24. The Labute approximate surface area is 136 Å². The van der Waals surface area contributed by atoms with Crippen molar-refractivity contribution in [1.82, 2.24) is 20.1 Å². The number of hydrogen-bond donors (Lipinski definition) is 2. The van der Waals surface area contributed by atoms with E-state index in [0.717, 1.165) is 11.1 Å². The lowest BCUT2D eigenvalue weighted by molar-refractivity contribution is 0.0314. The normalized spacial score (nSPS) is 12.1. The average Bonchev–Trinajstić information content (AvgIpc) is 2.95. The number of nitrogens with zero attached hydrogens (tertiary/aromatic N) is 3. The van der Waals surface area contributed by atoms with Crippen LogP contribution in [0.3, 0.4) is 0 Å². The molecule has 0 aliphatic rings. The highest BCUT2D eigenvalue weighted by molar-refractivity contribution is 6.05. The lowest BCUT2D eigenvalue weighted by Gasteiger charge is -2.25. The van der Waals surface area contributed by atoms with Crippen molar-refractivity contribution in [2.75, 3.05) is 6.54 Å². The zero-order valence-corrected chi connectivity index (χ0v) is 14.6. The van der Waals surface area contributed by atoms with E-state index in [9.17, 15) is 9.90 Å². The maximum absolute atomic E-state index is 12.6. The molecular weight excluding hydrogens is 292 g/mol. The molecule has 0 bridgehead atoms. The van der Waals surface area contributed by atoms with Crippen LogP contribution in [0.1, 0.15) is 62.6 Å². The van der Waals surface area contributed by atoms with Gasteiger partial charge in [0.1, 0.15) is 0 Å². The van der Waals surface area contributed by atoms with Gasteiger partial charge in [-0.3, -0.25) is 4.79 Å². The molecule has 2 aromatic heterocycles. The quantitative estimate of drug-likeness (QED) is 0.858. The fraction of sp³-hybridized carbons (Fsp3) is 0.588. The van der Waals surface area contributed by atoms with Gasteiger partial charge in [-0.05, 0) is 39.7 Å². The van der Waals surface area contributed by atoms with Gasteiger partial charge in [0.25, 0.3) is 5.91 Å². The van der Waals surface area contributed by atoms with Crippen molar-refractivity contribution in [1.29, 1.82) is 0 Å². The fourth-order valence-electron chi connectivity index (χ4n) is 2.55. The van der Waals surface area contributed by atoms with Crippen LogP contribution in [-0.4, -0.2) is 37.9 Å². The second kappa shape index (κ2) is 6.66. The molecule has 23 heavy (non-hydrogen) atoms. The smallest absolute Gasteiger partial charge is 0.252 e. The highest BCUT2D eigenvalue weighted by atomic mass is 16.3. The number of aliphatic hydroxyl groups is 1. The third-order valence-corrected chi connectivity index (χ3v) is 4.32. The largest absolute Gasteiger partial charge is 0.388 e. The third-order valence-electron chi connectivity index (χ3n) is 4.32. The van der Waals surface area contributed by atoms with Crippen LogP contribution in [0.2, 0.25) is 0 Å². The molecule has 6 heteroatoms. The number of pyridine rings is 1. The first kappa shape index (κ1) is 17.4. The van der Waals surface area contributed by atoms with E-state index in [0.29, 0.717) is 24.1 Å². The first-order valence-electron chi connectivity index (χ1n) is 8.16. The van der Waals surface area contributed by atoms with Gasteiger partial charge in [-0.25, -0.2) is 9.67 Å². The van der Waals surface area contributed by atoms with Gasteiger partial charge in [0.2, 0.25) is 0 Å². The molecule has 2 heterocycles. The van der Waals surface area contributed by atoms with E-state index in [2.05, 4.69) is 15.4 Å². The van der Waals surface area contributed by atoms with Gasteiger partial charge in [-0.15, -0.1) is 0 Å². The minimum absolute atomic E-state index is 0.169. The standard InChI is InChI=1S/C17H26N4O2/c1-6-17(23,7-2)10-18-16(22)13-8-12(5)20-15-14(13)9-19-21(15)11(3)4/h8-9,11,23H,6-7,10H2,1-5H3,(H,18,22). The molecule has 2 N–H and O–H groups in total. The minimum atomic E-state index is -0.862. The van der Waals surface area contributed by atoms with Crippen molar-refractivity contribution in [2.24, 2.45) is 0 Å². The Kier molecular flexibility index (Phi) is 5.04. The Hall–Kier alpha value is -1.95. The molecule has 2 aromatic rings. The van der Waals surface area contributed by atoms with E-state index < -0.39 is 5.60 Å². The molecule has 0 aliphatic carbocycles. The van der Waals surface area contributed by atoms with E-state index in [-0.39, 0.29) is 18.5 Å². The molecular formula is C17H26N4O2. The number of hydrogen-bond acceptors (Lipinski definition) is 4. The summed E-state index contributed by atoms with van der Waals surface area (Å²) in [6.45, 7) is 9.98. The van der Waals surface area contributed by atoms with Crippen LogP contribution in [0.25, 0.3) is 11.0 Å². The maximum atomic E-state index is 12.6. The lowest BCUT2D eigenvalue weighted by atomic mass is 9.97. The zero-order valence-electron chi connectivity index (χ0n) is 14.6. The van der Waals surface area contributed by atoms with Crippen LogP contribution in [0.15, 0.2) is 12.3 Å². The molecule has 126 valence electrons. The molecule has 0 unspecified atom stereocenters. The first-order chi connectivity index (χ1) is 10.8. The summed E-state index contributed by atoms with van der Waals surface area (Å²) in [5.74, 6) is -0.205. The second-order valence-corrected chi connectivity index (χ2v) is 6.35. The summed E-state index contributed by atoms with van der Waals surface area (Å²) in [6.07, 6.45) is 2.88. The van der Waals surface area contributed by atoms with E-state index in [1.54, 1.807) is 12.3 Å². The van der Waals surface area contributed by atoms with E-state index in [4.69, 9.17) is 0 Å². The van der Waals surface area contributed by atoms with Crippen LogP contribution in [0.4, 0.5) is 0 Å². The van der Waals surface area contributed by atoms with Gasteiger partial charge < -0.3 is 10.4 Å². The van der Waals surface area contributed by atoms with Crippen molar-refractivity contribution in [3.8, 4) is 0 Å². The van der Waals surface area contributed by atoms with Crippen molar-refractivity contribution in [3.63, 3.8) is 0 Å². The van der Waals surface area contributed by atoms with Gasteiger partial charge in [-0.2, -0.15) is 5.10 Å². The number of aromatic nitrogens is 3. The molecule has 0 aliphatic heterocycles. The number of nitrogens with one attached hydrogen (secondary N) is 1. The Morgan fingerprint density at radius 3 is 2.61 bits per heavy atom. The number of carbonyl (C=O) groups excluding carboxylic acids is 1. The molecule has 2 rings (SSSR count). The third kappa shape index (κ3) is 3.52. The van der Waals surface area contributed by atoms with Crippen LogP contribution in [-0.2, 0) is 0 Å². The number of rotatable bonds is 6. The first-order valence-corrected chi connectivity index (χ1v) is 8.16.